The van der Waals surface area contributed by atoms with E-state index in [9.17, 15) is 4.39 Å². The van der Waals surface area contributed by atoms with Crippen LogP contribution in [0.3, 0.4) is 0 Å². The lowest BCUT2D eigenvalue weighted by atomic mass is 9.96. The number of benzene rings is 1. The summed E-state index contributed by atoms with van der Waals surface area (Å²) in [6, 6.07) is 5.37. The van der Waals surface area contributed by atoms with Crippen LogP contribution in [0.1, 0.15) is 58.5 Å². The van der Waals surface area contributed by atoms with Crippen molar-refractivity contribution in [3.8, 4) is 17.1 Å². The average Bonchev–Trinajstić information content (AvgIpc) is 2.65. The number of halogens is 2. The highest BCUT2D eigenvalue weighted by molar-refractivity contribution is 6.34. The summed E-state index contributed by atoms with van der Waals surface area (Å²) >= 11 is 6.44. The van der Waals surface area contributed by atoms with E-state index in [4.69, 9.17) is 26.3 Å². The summed E-state index contributed by atoms with van der Waals surface area (Å²) < 4.78 is 19.5. The van der Waals surface area contributed by atoms with Crippen molar-refractivity contribution in [2.75, 3.05) is 0 Å². The number of aromatic nitrogens is 2. The standard InChI is InChI=1S/C22H30ClFN2O/c1-7-17-20(16-11-9-10-15(12-24)19(16)23)25-18(8-2)22(26-17)27-21(13(3)4)14(5)6/h9-11,13-14,21H,7-8,12H2,1-6H3. The van der Waals surface area contributed by atoms with E-state index in [2.05, 4.69) is 27.7 Å². The predicted molar refractivity (Wildman–Crippen MR) is 110 cm³/mol. The topological polar surface area (TPSA) is 35.0 Å². The minimum absolute atomic E-state index is 0.0682. The Hall–Kier alpha value is -1.68. The van der Waals surface area contributed by atoms with Gasteiger partial charge in [-0.1, -0.05) is 71.3 Å². The van der Waals surface area contributed by atoms with E-state index in [0.29, 0.717) is 46.8 Å². The van der Waals surface area contributed by atoms with Crippen LogP contribution in [0.25, 0.3) is 11.3 Å². The molecule has 27 heavy (non-hydrogen) atoms. The molecular weight excluding hydrogens is 363 g/mol. The van der Waals surface area contributed by atoms with Crippen molar-refractivity contribution in [1.29, 1.82) is 0 Å². The van der Waals surface area contributed by atoms with Crippen molar-refractivity contribution in [2.24, 2.45) is 11.8 Å². The molecule has 0 saturated carbocycles. The van der Waals surface area contributed by atoms with Gasteiger partial charge in [0.2, 0.25) is 5.88 Å². The molecule has 2 aromatic rings. The van der Waals surface area contributed by atoms with Gasteiger partial charge in [0.05, 0.1) is 16.4 Å². The van der Waals surface area contributed by atoms with E-state index in [0.717, 1.165) is 17.0 Å². The van der Waals surface area contributed by atoms with Crippen molar-refractivity contribution in [1.82, 2.24) is 9.97 Å². The molecule has 0 aliphatic rings. The molecular formula is C22H30ClFN2O. The summed E-state index contributed by atoms with van der Waals surface area (Å²) in [7, 11) is 0. The number of aryl methyl sites for hydroxylation is 2. The Morgan fingerprint density at radius 1 is 1.00 bits per heavy atom. The van der Waals surface area contributed by atoms with Gasteiger partial charge in [-0.25, -0.2) is 14.4 Å². The van der Waals surface area contributed by atoms with E-state index >= 15 is 0 Å². The molecule has 0 amide bonds. The maximum absolute atomic E-state index is 13.2. The lowest BCUT2D eigenvalue weighted by molar-refractivity contribution is 0.0976. The first-order chi connectivity index (χ1) is 12.8. The third-order valence-electron chi connectivity index (χ3n) is 4.71. The van der Waals surface area contributed by atoms with E-state index in [1.165, 1.54) is 0 Å². The zero-order chi connectivity index (χ0) is 20.1. The molecule has 0 fully saturated rings. The van der Waals surface area contributed by atoms with Gasteiger partial charge in [0.15, 0.2) is 0 Å². The van der Waals surface area contributed by atoms with Gasteiger partial charge < -0.3 is 4.74 Å². The Labute approximate surface area is 167 Å². The van der Waals surface area contributed by atoms with Gasteiger partial charge in [-0.15, -0.1) is 0 Å². The van der Waals surface area contributed by atoms with E-state index in [-0.39, 0.29) is 6.10 Å². The van der Waals surface area contributed by atoms with Crippen LogP contribution in [0.4, 0.5) is 4.39 Å². The molecule has 0 atom stereocenters. The number of hydrogen-bond acceptors (Lipinski definition) is 3. The summed E-state index contributed by atoms with van der Waals surface area (Å²) in [5.41, 5.74) is 3.52. The summed E-state index contributed by atoms with van der Waals surface area (Å²) in [4.78, 5) is 9.65. The van der Waals surface area contributed by atoms with Crippen molar-refractivity contribution in [3.63, 3.8) is 0 Å². The van der Waals surface area contributed by atoms with Crippen LogP contribution < -0.4 is 4.74 Å². The molecule has 148 valence electrons. The fraction of sp³-hybridized carbons (Fsp3) is 0.545. The van der Waals surface area contributed by atoms with Crippen LogP contribution in [-0.4, -0.2) is 16.1 Å². The summed E-state index contributed by atoms with van der Waals surface area (Å²) in [5.74, 6) is 1.34. The van der Waals surface area contributed by atoms with Crippen LogP contribution >= 0.6 is 11.6 Å². The minimum Gasteiger partial charge on any atom is -0.473 e. The Morgan fingerprint density at radius 2 is 1.63 bits per heavy atom. The molecule has 0 unspecified atom stereocenters. The SMILES string of the molecule is CCc1nc(-c2cccc(CF)c2Cl)c(CC)nc1OC(C(C)C)C(C)C. The van der Waals surface area contributed by atoms with Crippen LogP contribution in [0.15, 0.2) is 18.2 Å². The molecule has 0 radical (unpaired) electrons. The first-order valence-electron chi connectivity index (χ1n) is 9.74. The zero-order valence-electron chi connectivity index (χ0n) is 17.1. The minimum atomic E-state index is -0.603. The van der Waals surface area contributed by atoms with Crippen molar-refractivity contribution in [2.45, 2.75) is 67.2 Å². The molecule has 3 nitrogen and oxygen atoms in total. The van der Waals surface area contributed by atoms with Crippen LogP contribution in [0.2, 0.25) is 5.02 Å². The maximum atomic E-state index is 13.2. The van der Waals surface area contributed by atoms with Gasteiger partial charge in [0.1, 0.15) is 18.5 Å². The molecule has 1 aromatic carbocycles. The lowest BCUT2D eigenvalue weighted by Crippen LogP contribution is -2.30. The highest BCUT2D eigenvalue weighted by atomic mass is 35.5. The highest BCUT2D eigenvalue weighted by Crippen LogP contribution is 2.34. The fourth-order valence-corrected chi connectivity index (χ4v) is 3.58. The Morgan fingerprint density at radius 3 is 2.15 bits per heavy atom. The van der Waals surface area contributed by atoms with Crippen LogP contribution in [-0.2, 0) is 19.5 Å². The molecule has 0 N–H and O–H groups in total. The number of hydrogen-bond donors (Lipinski definition) is 0. The lowest BCUT2D eigenvalue weighted by Gasteiger charge is -2.27. The number of alkyl halides is 1. The van der Waals surface area contributed by atoms with Gasteiger partial charge in [-0.2, -0.15) is 0 Å². The molecule has 0 aliphatic carbocycles. The number of rotatable bonds is 8. The van der Waals surface area contributed by atoms with Gasteiger partial charge in [0.25, 0.3) is 0 Å². The van der Waals surface area contributed by atoms with Gasteiger partial charge in [-0.3, -0.25) is 0 Å². The summed E-state index contributed by atoms with van der Waals surface area (Å²) in [6.07, 6.45) is 1.45. The zero-order valence-corrected chi connectivity index (χ0v) is 17.9. The van der Waals surface area contributed by atoms with E-state index in [1.807, 2.05) is 19.9 Å². The molecule has 1 aromatic heterocycles. The largest absolute Gasteiger partial charge is 0.473 e. The second-order valence-electron chi connectivity index (χ2n) is 7.46. The number of ether oxygens (including phenoxy) is 1. The smallest absolute Gasteiger partial charge is 0.236 e. The molecule has 0 saturated heterocycles. The van der Waals surface area contributed by atoms with Gasteiger partial charge in [0, 0.05) is 11.1 Å². The Kier molecular flexibility index (Phi) is 7.60. The van der Waals surface area contributed by atoms with E-state index < -0.39 is 6.67 Å². The maximum Gasteiger partial charge on any atom is 0.236 e. The molecule has 1 heterocycles. The van der Waals surface area contributed by atoms with Gasteiger partial charge in [-0.05, 0) is 24.7 Å². The normalized spacial score (nSPS) is 11.7. The average molecular weight is 393 g/mol. The van der Waals surface area contributed by atoms with Crippen molar-refractivity contribution in [3.05, 3.63) is 40.2 Å². The van der Waals surface area contributed by atoms with Gasteiger partial charge >= 0.3 is 0 Å². The number of nitrogens with zero attached hydrogens (tertiary/aromatic N) is 2. The van der Waals surface area contributed by atoms with Crippen molar-refractivity contribution < 1.29 is 9.13 Å². The quantitative estimate of drug-likeness (QED) is 0.517. The van der Waals surface area contributed by atoms with Crippen LogP contribution in [0.5, 0.6) is 5.88 Å². The molecule has 0 bridgehead atoms. The first kappa shape index (κ1) is 21.6. The van der Waals surface area contributed by atoms with E-state index in [1.54, 1.807) is 12.1 Å². The first-order valence-corrected chi connectivity index (χ1v) is 10.1. The van der Waals surface area contributed by atoms with Crippen molar-refractivity contribution >= 4 is 11.6 Å². The second kappa shape index (κ2) is 9.50. The molecule has 5 heteroatoms. The van der Waals surface area contributed by atoms with Crippen LogP contribution in [0, 0.1) is 11.8 Å². The Balaban J connectivity index is 2.57. The summed E-state index contributed by atoms with van der Waals surface area (Å²) in [6.45, 7) is 12.1. The molecule has 0 aliphatic heterocycles. The highest BCUT2D eigenvalue weighted by Gasteiger charge is 2.24. The second-order valence-corrected chi connectivity index (χ2v) is 7.84. The molecule has 2 rings (SSSR count). The molecule has 0 spiro atoms. The third-order valence-corrected chi connectivity index (χ3v) is 5.16. The third kappa shape index (κ3) is 4.78. The fourth-order valence-electron chi connectivity index (χ4n) is 3.31. The Bertz CT molecular complexity index is 769. The monoisotopic (exact) mass is 392 g/mol. The summed E-state index contributed by atoms with van der Waals surface area (Å²) in [5, 5.41) is 0.405. The predicted octanol–water partition coefficient (Wildman–Crippen LogP) is 6.45.